The van der Waals surface area contributed by atoms with Gasteiger partial charge in [0.2, 0.25) is 0 Å². The molecule has 0 amide bonds. The topological polar surface area (TPSA) is 51.6 Å². The monoisotopic (exact) mass is 668 g/mol. The van der Waals surface area contributed by atoms with Gasteiger partial charge in [-0.3, -0.25) is 4.98 Å². The van der Waals surface area contributed by atoms with Crippen molar-refractivity contribution in [1.29, 1.82) is 0 Å². The van der Waals surface area contributed by atoms with E-state index in [0.717, 1.165) is 33.5 Å². The minimum atomic E-state index is -0.568. The molecule has 1 aliphatic carbocycles. The van der Waals surface area contributed by atoms with E-state index >= 15 is 0 Å². The molecule has 0 saturated carbocycles. The van der Waals surface area contributed by atoms with Crippen LogP contribution in [0.25, 0.3) is 56.3 Å². The zero-order valence-electron chi connectivity index (χ0n) is 29.4. The van der Waals surface area contributed by atoms with Crippen LogP contribution in [-0.4, -0.2) is 19.9 Å². The van der Waals surface area contributed by atoms with Crippen molar-refractivity contribution in [3.8, 4) is 56.3 Å². The van der Waals surface area contributed by atoms with Gasteiger partial charge in [-0.1, -0.05) is 140 Å². The van der Waals surface area contributed by atoms with Crippen molar-refractivity contribution in [2.24, 2.45) is 0 Å². The first-order valence-electron chi connectivity index (χ1n) is 17.7. The van der Waals surface area contributed by atoms with Crippen LogP contribution in [0.3, 0.4) is 0 Å². The molecule has 0 saturated heterocycles. The third-order valence-electron chi connectivity index (χ3n) is 10.5. The first-order valence-corrected chi connectivity index (χ1v) is 17.7. The Labute approximate surface area is 304 Å². The Kier molecular flexibility index (Phi) is 7.66. The summed E-state index contributed by atoms with van der Waals surface area (Å²) in [6.45, 7) is 6.19. The van der Waals surface area contributed by atoms with Crippen LogP contribution < -0.4 is 0 Å². The molecule has 0 radical (unpaired) electrons. The average molecular weight is 669 g/mol. The second-order valence-corrected chi connectivity index (χ2v) is 13.6. The van der Waals surface area contributed by atoms with Crippen LogP contribution in [0.4, 0.5) is 0 Å². The molecule has 0 bridgehead atoms. The predicted octanol–water partition coefficient (Wildman–Crippen LogP) is 11.2. The largest absolute Gasteiger partial charge is 0.256 e. The van der Waals surface area contributed by atoms with E-state index in [1.54, 1.807) is 0 Å². The minimum absolute atomic E-state index is 0.568. The highest BCUT2D eigenvalue weighted by Crippen LogP contribution is 2.57. The van der Waals surface area contributed by atoms with Gasteiger partial charge in [-0.25, -0.2) is 15.0 Å². The van der Waals surface area contributed by atoms with Crippen LogP contribution in [0.2, 0.25) is 0 Å². The van der Waals surface area contributed by atoms with Crippen LogP contribution in [0.5, 0.6) is 0 Å². The first-order chi connectivity index (χ1) is 25.5. The van der Waals surface area contributed by atoms with Crippen molar-refractivity contribution < 1.29 is 0 Å². The number of pyridine rings is 1. The lowest BCUT2D eigenvalue weighted by Crippen LogP contribution is -2.28. The number of aromatic nitrogens is 4. The quantitative estimate of drug-likeness (QED) is 0.177. The molecule has 2 aromatic heterocycles. The van der Waals surface area contributed by atoms with Gasteiger partial charge in [-0.05, 0) is 94.6 Å². The number of fused-ring (bicyclic) bond motifs is 3. The number of hydrogen-bond donors (Lipinski definition) is 0. The summed E-state index contributed by atoms with van der Waals surface area (Å²) in [7, 11) is 0. The van der Waals surface area contributed by atoms with E-state index in [0.29, 0.717) is 17.5 Å². The van der Waals surface area contributed by atoms with E-state index < -0.39 is 5.41 Å². The summed E-state index contributed by atoms with van der Waals surface area (Å²) >= 11 is 0. The Bertz CT molecular complexity index is 2560. The lowest BCUT2D eigenvalue weighted by Gasteiger charge is -2.34. The van der Waals surface area contributed by atoms with Crippen molar-refractivity contribution in [3.63, 3.8) is 0 Å². The van der Waals surface area contributed by atoms with Gasteiger partial charge in [0.25, 0.3) is 0 Å². The fraction of sp³-hybridized carbons (Fsp3) is 0.0833. The summed E-state index contributed by atoms with van der Waals surface area (Å²) in [5.74, 6) is 2.02. The number of nitrogens with zero attached hydrogens (tertiary/aromatic N) is 4. The van der Waals surface area contributed by atoms with E-state index in [-0.39, 0.29) is 0 Å². The maximum atomic E-state index is 5.02. The number of benzene rings is 6. The van der Waals surface area contributed by atoms with Crippen LogP contribution in [0.1, 0.15) is 39.2 Å². The minimum Gasteiger partial charge on any atom is -0.256 e. The van der Waals surface area contributed by atoms with Gasteiger partial charge < -0.3 is 0 Å². The van der Waals surface area contributed by atoms with Gasteiger partial charge >= 0.3 is 0 Å². The summed E-state index contributed by atoms with van der Waals surface area (Å²) in [6.07, 6.45) is 1.98. The van der Waals surface area contributed by atoms with Gasteiger partial charge in [-0.2, -0.15) is 0 Å². The summed E-state index contributed by atoms with van der Waals surface area (Å²) in [5.41, 5.74) is 15.5. The molecule has 0 fully saturated rings. The molecule has 4 heteroatoms. The molecular formula is C48H36N4. The molecule has 1 aliphatic rings. The SMILES string of the molecule is Cc1nc(-c2ccccc2)nc(-c2ccc3c(c2)C(c2ccccc2)(c2ccccc2)c2ccc(-c4ccccc4-c4cc(C)c(C)cn4)cc2-3)n1. The number of aryl methyl sites for hydroxylation is 3. The van der Waals surface area contributed by atoms with Crippen molar-refractivity contribution in [3.05, 3.63) is 203 Å². The zero-order chi connectivity index (χ0) is 35.2. The lowest BCUT2D eigenvalue weighted by molar-refractivity contribution is 0.768. The molecule has 0 spiro atoms. The fourth-order valence-electron chi connectivity index (χ4n) is 7.86. The predicted molar refractivity (Wildman–Crippen MR) is 211 cm³/mol. The van der Waals surface area contributed by atoms with E-state index in [1.165, 1.54) is 44.5 Å². The lowest BCUT2D eigenvalue weighted by atomic mass is 9.67. The summed E-state index contributed by atoms with van der Waals surface area (Å²) in [5, 5.41) is 0. The molecule has 0 N–H and O–H groups in total. The van der Waals surface area contributed by atoms with Gasteiger partial charge in [0.05, 0.1) is 11.1 Å². The van der Waals surface area contributed by atoms with Crippen LogP contribution >= 0.6 is 0 Å². The molecule has 8 aromatic rings. The van der Waals surface area contributed by atoms with Gasteiger partial charge in [-0.15, -0.1) is 0 Å². The Morgan fingerprint density at radius 3 is 1.67 bits per heavy atom. The molecule has 0 unspecified atom stereocenters. The Morgan fingerprint density at radius 1 is 0.404 bits per heavy atom. The molecule has 52 heavy (non-hydrogen) atoms. The van der Waals surface area contributed by atoms with Gasteiger partial charge in [0, 0.05) is 22.9 Å². The summed E-state index contributed by atoms with van der Waals surface area (Å²) in [4.78, 5) is 19.5. The third kappa shape index (κ3) is 5.15. The highest BCUT2D eigenvalue weighted by atomic mass is 15.0. The first kappa shape index (κ1) is 31.5. The Morgan fingerprint density at radius 2 is 1.00 bits per heavy atom. The molecule has 2 heterocycles. The van der Waals surface area contributed by atoms with Crippen LogP contribution in [0, 0.1) is 20.8 Å². The maximum absolute atomic E-state index is 5.02. The van der Waals surface area contributed by atoms with Crippen molar-refractivity contribution in [2.45, 2.75) is 26.2 Å². The second-order valence-electron chi connectivity index (χ2n) is 13.6. The normalized spacial score (nSPS) is 12.7. The average Bonchev–Trinajstić information content (AvgIpc) is 3.49. The highest BCUT2D eigenvalue weighted by molar-refractivity contribution is 5.92. The third-order valence-corrected chi connectivity index (χ3v) is 10.5. The standard InChI is InChI=1S/C48H36N4/c1-31-27-45(49-30-32(31)2)41-22-14-13-21-39(41)35-24-26-43-42(28-35)40-25-23-36(47-51-33(3)50-46(52-47)34-15-7-4-8-16-34)29-44(40)48(43,37-17-9-5-10-18-37)38-19-11-6-12-20-38/h4-30H,1-3H3. The Balaban J connectivity index is 1.29. The summed E-state index contributed by atoms with van der Waals surface area (Å²) in [6, 6.07) is 56.4. The van der Waals surface area contributed by atoms with Crippen LogP contribution in [0.15, 0.2) is 164 Å². The molecule has 4 nitrogen and oxygen atoms in total. The van der Waals surface area contributed by atoms with Crippen molar-refractivity contribution in [1.82, 2.24) is 19.9 Å². The fourth-order valence-corrected chi connectivity index (χ4v) is 7.86. The zero-order valence-corrected chi connectivity index (χ0v) is 29.4. The number of hydrogen-bond acceptors (Lipinski definition) is 4. The smallest absolute Gasteiger partial charge is 0.163 e. The van der Waals surface area contributed by atoms with Gasteiger partial charge in [0.1, 0.15) is 5.82 Å². The van der Waals surface area contributed by atoms with Crippen molar-refractivity contribution in [2.75, 3.05) is 0 Å². The molecule has 0 aliphatic heterocycles. The molecule has 9 rings (SSSR count). The Hall–Kier alpha value is -6.52. The molecule has 0 atom stereocenters. The highest BCUT2D eigenvalue weighted by Gasteiger charge is 2.46. The van der Waals surface area contributed by atoms with Crippen molar-refractivity contribution >= 4 is 0 Å². The van der Waals surface area contributed by atoms with Gasteiger partial charge in [0.15, 0.2) is 11.6 Å². The summed E-state index contributed by atoms with van der Waals surface area (Å²) < 4.78 is 0. The molecule has 248 valence electrons. The molecular weight excluding hydrogens is 633 g/mol. The maximum Gasteiger partial charge on any atom is 0.163 e. The van der Waals surface area contributed by atoms with E-state index in [2.05, 4.69) is 141 Å². The number of rotatable bonds is 6. The van der Waals surface area contributed by atoms with E-state index in [4.69, 9.17) is 19.9 Å². The van der Waals surface area contributed by atoms with E-state index in [1.807, 2.05) is 43.5 Å². The van der Waals surface area contributed by atoms with E-state index in [9.17, 15) is 0 Å². The van der Waals surface area contributed by atoms with Crippen LogP contribution in [-0.2, 0) is 5.41 Å². The molecule has 6 aromatic carbocycles. The second kappa shape index (κ2) is 12.7.